The predicted molar refractivity (Wildman–Crippen MR) is 78.7 cm³/mol. The summed E-state index contributed by atoms with van der Waals surface area (Å²) in [5.41, 5.74) is 4.50. The number of rotatable bonds is 0. The summed E-state index contributed by atoms with van der Waals surface area (Å²) in [6, 6.07) is 0. The third-order valence-electron chi connectivity index (χ3n) is 3.94. The van der Waals surface area contributed by atoms with Crippen LogP contribution >= 0.6 is 0 Å². The Hall–Kier alpha value is -1.89. The van der Waals surface area contributed by atoms with Crippen LogP contribution in [0.2, 0.25) is 0 Å². The highest BCUT2D eigenvalue weighted by Gasteiger charge is 2.24. The number of hydrogen-bond acceptors (Lipinski definition) is 1. The fourth-order valence-electron chi connectivity index (χ4n) is 2.94. The van der Waals surface area contributed by atoms with E-state index in [-0.39, 0.29) is 5.78 Å². The standard InChI is InChI=1S/C18H18O/c19-18-16(14-8-3-1-4-9-14)12-7-13-17(18)15-10-5-2-6-11-15/h1-6,8,10H,7,9,11-13H2. The molecule has 0 radical (unpaired) electrons. The molecule has 96 valence electrons. The maximum absolute atomic E-state index is 12.7. The predicted octanol–water partition coefficient (Wildman–Crippen LogP) is 4.36. The number of hydrogen-bond donors (Lipinski definition) is 0. The number of allylic oxidation sites excluding steroid dienone is 12. The second-order valence-corrected chi connectivity index (χ2v) is 5.17. The van der Waals surface area contributed by atoms with E-state index in [1.165, 1.54) is 11.1 Å². The molecular formula is C18H18O. The molecule has 0 aromatic rings. The molecule has 1 saturated carbocycles. The van der Waals surface area contributed by atoms with Gasteiger partial charge in [-0.2, -0.15) is 0 Å². The monoisotopic (exact) mass is 250 g/mol. The van der Waals surface area contributed by atoms with E-state index < -0.39 is 0 Å². The molecule has 0 atom stereocenters. The summed E-state index contributed by atoms with van der Waals surface area (Å²) < 4.78 is 0. The fourth-order valence-corrected chi connectivity index (χ4v) is 2.94. The van der Waals surface area contributed by atoms with E-state index >= 15 is 0 Å². The second kappa shape index (κ2) is 5.40. The Morgan fingerprint density at radius 3 is 1.68 bits per heavy atom. The van der Waals surface area contributed by atoms with Gasteiger partial charge in [-0.25, -0.2) is 0 Å². The van der Waals surface area contributed by atoms with Crippen molar-refractivity contribution >= 4 is 5.78 Å². The van der Waals surface area contributed by atoms with Gasteiger partial charge in [-0.3, -0.25) is 4.79 Å². The van der Waals surface area contributed by atoms with E-state index in [2.05, 4.69) is 24.3 Å². The molecule has 3 aliphatic rings. The number of carbonyl (C=O) groups excluding carboxylic acids is 1. The Bertz CT molecular complexity index is 527. The maximum atomic E-state index is 12.7. The van der Waals surface area contributed by atoms with Crippen molar-refractivity contribution in [3.05, 3.63) is 70.9 Å². The molecule has 0 bridgehead atoms. The van der Waals surface area contributed by atoms with Crippen molar-refractivity contribution in [3.63, 3.8) is 0 Å². The minimum absolute atomic E-state index is 0.288. The molecule has 0 N–H and O–H groups in total. The minimum Gasteiger partial charge on any atom is -0.289 e. The Balaban J connectivity index is 1.96. The molecule has 3 rings (SSSR count). The lowest BCUT2D eigenvalue weighted by atomic mass is 9.81. The molecule has 0 heterocycles. The Morgan fingerprint density at radius 2 is 1.26 bits per heavy atom. The molecule has 0 aromatic carbocycles. The molecule has 0 saturated heterocycles. The molecule has 3 aliphatic carbocycles. The van der Waals surface area contributed by atoms with Crippen LogP contribution in [0, 0.1) is 0 Å². The molecule has 0 unspecified atom stereocenters. The van der Waals surface area contributed by atoms with E-state index in [0.717, 1.165) is 43.3 Å². The first kappa shape index (κ1) is 12.2. The van der Waals surface area contributed by atoms with Crippen molar-refractivity contribution in [1.82, 2.24) is 0 Å². The van der Waals surface area contributed by atoms with Crippen LogP contribution in [0.3, 0.4) is 0 Å². The molecule has 1 nitrogen and oxygen atoms in total. The highest BCUT2D eigenvalue weighted by molar-refractivity contribution is 6.10. The summed E-state index contributed by atoms with van der Waals surface area (Å²) in [5, 5.41) is 0. The molecule has 0 amide bonds. The maximum Gasteiger partial charge on any atom is 0.185 e. The average molecular weight is 250 g/mol. The van der Waals surface area contributed by atoms with Crippen LogP contribution in [0.15, 0.2) is 70.9 Å². The zero-order chi connectivity index (χ0) is 13.1. The first-order chi connectivity index (χ1) is 9.36. The van der Waals surface area contributed by atoms with E-state index in [9.17, 15) is 4.79 Å². The minimum atomic E-state index is 0.288. The van der Waals surface area contributed by atoms with Gasteiger partial charge in [0.05, 0.1) is 0 Å². The zero-order valence-corrected chi connectivity index (χ0v) is 11.1. The third kappa shape index (κ3) is 2.46. The molecule has 1 fully saturated rings. The number of carbonyl (C=O) groups is 1. The zero-order valence-electron chi connectivity index (χ0n) is 11.1. The van der Waals surface area contributed by atoms with Gasteiger partial charge >= 0.3 is 0 Å². The van der Waals surface area contributed by atoms with Crippen molar-refractivity contribution in [2.75, 3.05) is 0 Å². The summed E-state index contributed by atoms with van der Waals surface area (Å²) in [5.74, 6) is 0.288. The van der Waals surface area contributed by atoms with Crippen LogP contribution in [0.5, 0.6) is 0 Å². The molecule has 0 spiro atoms. The lowest BCUT2D eigenvalue weighted by Crippen LogP contribution is -2.16. The van der Waals surface area contributed by atoms with Crippen LogP contribution in [0.4, 0.5) is 0 Å². The number of ketones is 1. The Kier molecular flexibility index (Phi) is 3.45. The van der Waals surface area contributed by atoms with Crippen molar-refractivity contribution in [2.24, 2.45) is 0 Å². The largest absolute Gasteiger partial charge is 0.289 e. The van der Waals surface area contributed by atoms with Crippen LogP contribution < -0.4 is 0 Å². The van der Waals surface area contributed by atoms with E-state index in [1.54, 1.807) is 0 Å². The van der Waals surface area contributed by atoms with Gasteiger partial charge in [0.25, 0.3) is 0 Å². The third-order valence-corrected chi connectivity index (χ3v) is 3.94. The topological polar surface area (TPSA) is 17.1 Å². The van der Waals surface area contributed by atoms with E-state index in [1.807, 2.05) is 24.3 Å². The van der Waals surface area contributed by atoms with E-state index in [4.69, 9.17) is 0 Å². The van der Waals surface area contributed by atoms with Gasteiger partial charge in [0.2, 0.25) is 0 Å². The van der Waals surface area contributed by atoms with Gasteiger partial charge in [-0.1, -0.05) is 48.6 Å². The Labute approximate surface area is 114 Å². The van der Waals surface area contributed by atoms with Crippen molar-refractivity contribution < 1.29 is 4.79 Å². The SMILES string of the molecule is O=C1C(=C2C=CC=CC2)CCCC1=C1C=CC=CC1. The number of Topliss-reactive ketones (excluding diaryl/α,β-unsaturated/α-hetero) is 1. The average Bonchev–Trinajstić information content (AvgIpc) is 2.49. The molecular weight excluding hydrogens is 232 g/mol. The highest BCUT2D eigenvalue weighted by atomic mass is 16.1. The first-order valence-electron chi connectivity index (χ1n) is 7.01. The second-order valence-electron chi connectivity index (χ2n) is 5.17. The summed E-state index contributed by atoms with van der Waals surface area (Å²) in [6.07, 6.45) is 21.4. The summed E-state index contributed by atoms with van der Waals surface area (Å²) in [6.45, 7) is 0. The van der Waals surface area contributed by atoms with Crippen LogP contribution in [-0.4, -0.2) is 5.78 Å². The van der Waals surface area contributed by atoms with E-state index in [0.29, 0.717) is 0 Å². The smallest absolute Gasteiger partial charge is 0.185 e. The van der Waals surface area contributed by atoms with Crippen LogP contribution in [-0.2, 0) is 4.79 Å². The van der Waals surface area contributed by atoms with Gasteiger partial charge in [-0.15, -0.1) is 0 Å². The van der Waals surface area contributed by atoms with Gasteiger partial charge in [0, 0.05) is 11.1 Å². The molecule has 19 heavy (non-hydrogen) atoms. The summed E-state index contributed by atoms with van der Waals surface area (Å²) >= 11 is 0. The highest BCUT2D eigenvalue weighted by Crippen LogP contribution is 2.33. The van der Waals surface area contributed by atoms with Crippen molar-refractivity contribution in [1.29, 1.82) is 0 Å². The summed E-state index contributed by atoms with van der Waals surface area (Å²) in [7, 11) is 0. The van der Waals surface area contributed by atoms with Gasteiger partial charge in [0.1, 0.15) is 0 Å². The quantitative estimate of drug-likeness (QED) is 0.584. The Morgan fingerprint density at radius 1 is 0.737 bits per heavy atom. The lowest BCUT2D eigenvalue weighted by molar-refractivity contribution is -0.113. The van der Waals surface area contributed by atoms with Crippen LogP contribution in [0.1, 0.15) is 32.1 Å². The van der Waals surface area contributed by atoms with Gasteiger partial charge in [-0.05, 0) is 43.3 Å². The molecule has 0 aromatic heterocycles. The molecule has 1 heteroatoms. The lowest BCUT2D eigenvalue weighted by Gasteiger charge is -2.22. The molecule has 0 aliphatic heterocycles. The van der Waals surface area contributed by atoms with Crippen molar-refractivity contribution in [3.8, 4) is 0 Å². The first-order valence-corrected chi connectivity index (χ1v) is 7.01. The van der Waals surface area contributed by atoms with Crippen LogP contribution in [0.25, 0.3) is 0 Å². The van der Waals surface area contributed by atoms with Crippen molar-refractivity contribution in [2.45, 2.75) is 32.1 Å². The van der Waals surface area contributed by atoms with Gasteiger partial charge in [0.15, 0.2) is 5.78 Å². The van der Waals surface area contributed by atoms with Gasteiger partial charge < -0.3 is 0 Å². The normalized spacial score (nSPS) is 30.2. The fraction of sp³-hybridized carbons (Fsp3) is 0.278. The summed E-state index contributed by atoms with van der Waals surface area (Å²) in [4.78, 5) is 12.7.